The van der Waals surface area contributed by atoms with Crippen LogP contribution >= 0.6 is 11.3 Å². The molecular weight excluding hydrogens is 496 g/mol. The summed E-state index contributed by atoms with van der Waals surface area (Å²) in [6, 6.07) is 15.5. The van der Waals surface area contributed by atoms with Gasteiger partial charge in [0, 0.05) is 49.2 Å². The molecule has 0 amide bonds. The molecule has 1 aromatic heterocycles. The first-order chi connectivity index (χ1) is 18.6. The summed E-state index contributed by atoms with van der Waals surface area (Å²) < 4.78 is 17.6. The van der Waals surface area contributed by atoms with Gasteiger partial charge < -0.3 is 19.1 Å². The van der Waals surface area contributed by atoms with E-state index in [9.17, 15) is 5.26 Å². The number of thiazole rings is 1. The molecule has 202 valence electrons. The molecule has 0 radical (unpaired) electrons. The standard InChI is InChI=1S/C30H38N4O3S/c1-4-6-7-18-36-27-13-8-24(22-31)21-28(27)37-26-11-9-25(10-12-26)29-23(3)38-30(32-29)34(5-2)15-14-33-16-19-35-20-17-33/h8-13,21H,4-7,14-20H2,1-3H3. The predicted octanol–water partition coefficient (Wildman–Crippen LogP) is 6.51. The van der Waals surface area contributed by atoms with E-state index in [1.54, 1.807) is 23.5 Å². The molecule has 1 fully saturated rings. The molecule has 3 aromatic rings. The quantitative estimate of drug-likeness (QED) is 0.232. The molecule has 0 spiro atoms. The number of nitriles is 1. The van der Waals surface area contributed by atoms with E-state index < -0.39 is 0 Å². The lowest BCUT2D eigenvalue weighted by Crippen LogP contribution is -2.41. The summed E-state index contributed by atoms with van der Waals surface area (Å²) in [7, 11) is 0. The van der Waals surface area contributed by atoms with Crippen molar-refractivity contribution >= 4 is 16.5 Å². The molecule has 4 rings (SSSR count). The Kier molecular flexibility index (Phi) is 10.4. The van der Waals surface area contributed by atoms with Gasteiger partial charge in [-0.05, 0) is 56.7 Å². The summed E-state index contributed by atoms with van der Waals surface area (Å²) in [5.74, 6) is 1.90. The Bertz CT molecular complexity index is 1200. The zero-order valence-corrected chi connectivity index (χ0v) is 23.6. The Morgan fingerprint density at radius 3 is 2.58 bits per heavy atom. The number of hydrogen-bond acceptors (Lipinski definition) is 8. The van der Waals surface area contributed by atoms with Gasteiger partial charge in [0.2, 0.25) is 0 Å². The van der Waals surface area contributed by atoms with Crippen molar-refractivity contribution in [1.82, 2.24) is 9.88 Å². The van der Waals surface area contributed by atoms with Crippen molar-refractivity contribution in [2.24, 2.45) is 0 Å². The number of likely N-dealkylation sites (N-methyl/N-ethyl adjacent to an activating group) is 1. The van der Waals surface area contributed by atoms with Crippen LogP contribution in [0.25, 0.3) is 11.3 Å². The monoisotopic (exact) mass is 534 g/mol. The van der Waals surface area contributed by atoms with Crippen LogP contribution in [0.1, 0.15) is 43.6 Å². The van der Waals surface area contributed by atoms with E-state index in [1.165, 1.54) is 4.88 Å². The first-order valence-corrected chi connectivity index (χ1v) is 14.4. The van der Waals surface area contributed by atoms with Crippen molar-refractivity contribution in [3.8, 4) is 34.6 Å². The highest BCUT2D eigenvalue weighted by molar-refractivity contribution is 7.16. The van der Waals surface area contributed by atoms with E-state index in [1.807, 2.05) is 30.3 Å². The van der Waals surface area contributed by atoms with Crippen LogP contribution in [0.15, 0.2) is 42.5 Å². The van der Waals surface area contributed by atoms with Gasteiger partial charge in [-0.2, -0.15) is 5.26 Å². The lowest BCUT2D eigenvalue weighted by atomic mass is 10.1. The van der Waals surface area contributed by atoms with Gasteiger partial charge in [-0.25, -0.2) is 4.98 Å². The number of aromatic nitrogens is 1. The Hall–Kier alpha value is -3.12. The van der Waals surface area contributed by atoms with Crippen LogP contribution in [-0.4, -0.2) is 62.4 Å². The maximum absolute atomic E-state index is 9.35. The van der Waals surface area contributed by atoms with Crippen molar-refractivity contribution in [1.29, 1.82) is 5.26 Å². The Morgan fingerprint density at radius 1 is 1.08 bits per heavy atom. The van der Waals surface area contributed by atoms with Gasteiger partial charge in [0.25, 0.3) is 0 Å². The molecule has 2 heterocycles. The third-order valence-corrected chi connectivity index (χ3v) is 7.69. The van der Waals surface area contributed by atoms with E-state index in [0.29, 0.717) is 29.4 Å². The first-order valence-electron chi connectivity index (χ1n) is 13.6. The normalized spacial score (nSPS) is 13.7. The third-order valence-electron chi connectivity index (χ3n) is 6.66. The number of unbranched alkanes of at least 4 members (excludes halogenated alkanes) is 2. The fourth-order valence-electron chi connectivity index (χ4n) is 4.38. The number of ether oxygens (including phenoxy) is 3. The van der Waals surface area contributed by atoms with Gasteiger partial charge in [0.05, 0.1) is 37.1 Å². The molecule has 0 unspecified atom stereocenters. The average Bonchev–Trinajstić information content (AvgIpc) is 3.34. The Balaban J connectivity index is 1.44. The van der Waals surface area contributed by atoms with Crippen LogP contribution in [0.2, 0.25) is 0 Å². The minimum atomic E-state index is 0.539. The smallest absolute Gasteiger partial charge is 0.186 e. The van der Waals surface area contributed by atoms with Crippen LogP contribution in [0.4, 0.5) is 5.13 Å². The molecule has 0 bridgehead atoms. The van der Waals surface area contributed by atoms with Crippen LogP contribution in [-0.2, 0) is 4.74 Å². The van der Waals surface area contributed by atoms with Gasteiger partial charge in [-0.15, -0.1) is 11.3 Å². The summed E-state index contributed by atoms with van der Waals surface area (Å²) in [6.45, 7) is 13.7. The SMILES string of the molecule is CCCCCOc1ccc(C#N)cc1Oc1ccc(-c2nc(N(CC)CCN3CCOCC3)sc2C)cc1. The fraction of sp³-hybridized carbons (Fsp3) is 0.467. The van der Waals surface area contributed by atoms with Crippen molar-refractivity contribution in [3.05, 3.63) is 52.9 Å². The van der Waals surface area contributed by atoms with Crippen molar-refractivity contribution in [2.45, 2.75) is 40.0 Å². The van der Waals surface area contributed by atoms with E-state index in [-0.39, 0.29) is 0 Å². The summed E-state index contributed by atoms with van der Waals surface area (Å²) in [5.41, 5.74) is 2.61. The third kappa shape index (κ3) is 7.47. The number of hydrogen-bond donors (Lipinski definition) is 0. The minimum absolute atomic E-state index is 0.539. The van der Waals surface area contributed by atoms with Crippen LogP contribution in [0.5, 0.6) is 17.2 Å². The minimum Gasteiger partial charge on any atom is -0.490 e. The molecular formula is C30H38N4O3S. The predicted molar refractivity (Wildman–Crippen MR) is 154 cm³/mol. The van der Waals surface area contributed by atoms with Crippen LogP contribution < -0.4 is 14.4 Å². The highest BCUT2D eigenvalue weighted by Gasteiger charge is 2.17. The molecule has 0 aliphatic carbocycles. The van der Waals surface area contributed by atoms with Gasteiger partial charge in [-0.3, -0.25) is 4.90 Å². The molecule has 1 aliphatic heterocycles. The zero-order chi connectivity index (χ0) is 26.7. The second-order valence-electron chi connectivity index (χ2n) is 9.39. The molecule has 8 heteroatoms. The van der Waals surface area contributed by atoms with Crippen molar-refractivity contribution < 1.29 is 14.2 Å². The number of aryl methyl sites for hydroxylation is 1. The number of anilines is 1. The number of morpholine rings is 1. The molecule has 1 saturated heterocycles. The number of benzene rings is 2. The fourth-order valence-corrected chi connectivity index (χ4v) is 5.40. The lowest BCUT2D eigenvalue weighted by Gasteiger charge is -2.29. The maximum Gasteiger partial charge on any atom is 0.186 e. The topological polar surface area (TPSA) is 70.9 Å². The van der Waals surface area contributed by atoms with E-state index in [2.05, 4.69) is 36.6 Å². The van der Waals surface area contributed by atoms with Gasteiger partial charge >= 0.3 is 0 Å². The summed E-state index contributed by atoms with van der Waals surface area (Å²) in [4.78, 5) is 11.0. The van der Waals surface area contributed by atoms with Crippen molar-refractivity contribution in [3.63, 3.8) is 0 Å². The summed E-state index contributed by atoms with van der Waals surface area (Å²) in [6.07, 6.45) is 3.25. The maximum atomic E-state index is 9.35. The number of rotatable bonds is 13. The second kappa shape index (κ2) is 14.1. The highest BCUT2D eigenvalue weighted by Crippen LogP contribution is 2.36. The highest BCUT2D eigenvalue weighted by atomic mass is 32.1. The van der Waals surface area contributed by atoms with Gasteiger partial charge in [-0.1, -0.05) is 19.8 Å². The molecule has 0 N–H and O–H groups in total. The van der Waals surface area contributed by atoms with E-state index >= 15 is 0 Å². The van der Waals surface area contributed by atoms with Crippen molar-refractivity contribution in [2.75, 3.05) is 57.4 Å². The second-order valence-corrected chi connectivity index (χ2v) is 10.6. The molecule has 38 heavy (non-hydrogen) atoms. The average molecular weight is 535 g/mol. The zero-order valence-electron chi connectivity index (χ0n) is 22.7. The molecule has 0 atom stereocenters. The van der Waals surface area contributed by atoms with E-state index in [0.717, 1.165) is 81.6 Å². The molecule has 1 aliphatic rings. The first kappa shape index (κ1) is 27.9. The Labute approximate surface area is 230 Å². The number of nitrogens with zero attached hydrogens (tertiary/aromatic N) is 4. The largest absolute Gasteiger partial charge is 0.490 e. The van der Waals surface area contributed by atoms with Gasteiger partial charge in [0.15, 0.2) is 16.6 Å². The summed E-state index contributed by atoms with van der Waals surface area (Å²) >= 11 is 1.75. The lowest BCUT2D eigenvalue weighted by molar-refractivity contribution is 0.0392. The Morgan fingerprint density at radius 2 is 1.87 bits per heavy atom. The molecule has 0 saturated carbocycles. The molecule has 7 nitrogen and oxygen atoms in total. The van der Waals surface area contributed by atoms with Gasteiger partial charge in [0.1, 0.15) is 5.75 Å². The summed E-state index contributed by atoms with van der Waals surface area (Å²) in [5, 5.41) is 10.4. The molecule has 2 aromatic carbocycles. The van der Waals surface area contributed by atoms with Crippen LogP contribution in [0.3, 0.4) is 0 Å². The van der Waals surface area contributed by atoms with E-state index in [4.69, 9.17) is 19.2 Å². The van der Waals surface area contributed by atoms with Crippen LogP contribution in [0, 0.1) is 18.3 Å².